The number of benzene rings is 5. The van der Waals surface area contributed by atoms with E-state index in [1.165, 1.54) is 50.1 Å². The Balaban J connectivity index is 1.32. The first-order valence-electron chi connectivity index (χ1n) is 17.2. The van der Waals surface area contributed by atoms with Crippen molar-refractivity contribution in [2.45, 2.75) is 5.41 Å². The second-order valence-corrected chi connectivity index (χ2v) is 14.2. The molecule has 14 rings (SSSR count). The number of rotatable bonds is 0. The Bertz CT molecular complexity index is 3120. The van der Waals surface area contributed by atoms with E-state index in [-0.39, 0.29) is 0 Å². The van der Waals surface area contributed by atoms with Crippen LogP contribution in [-0.4, -0.2) is 14.1 Å². The topological polar surface area (TPSA) is 39.7 Å². The third-order valence-corrected chi connectivity index (χ3v) is 12.3. The predicted octanol–water partition coefficient (Wildman–Crippen LogP) is 7.89. The van der Waals surface area contributed by atoms with E-state index in [1.807, 2.05) is 6.20 Å². The molecule has 0 bridgehead atoms. The van der Waals surface area contributed by atoms with Gasteiger partial charge in [0, 0.05) is 22.0 Å². The summed E-state index contributed by atoms with van der Waals surface area (Å²) in [6.07, 6.45) is 4.28. The van der Waals surface area contributed by atoms with Gasteiger partial charge in [-0.05, 0) is 81.5 Å². The number of imidazole rings is 1. The lowest BCUT2D eigenvalue weighted by Gasteiger charge is -2.40. The zero-order chi connectivity index (χ0) is 32.2. The molecule has 0 radical (unpaired) electrons. The van der Waals surface area contributed by atoms with Gasteiger partial charge in [0.05, 0.1) is 17.2 Å². The quantitative estimate of drug-likeness (QED) is 0.125. The number of fused-ring (bicyclic) bond motifs is 12. The van der Waals surface area contributed by atoms with Gasteiger partial charge in [-0.25, -0.2) is 4.57 Å². The second kappa shape index (κ2) is 7.52. The number of para-hydroxylation sites is 3. The summed E-state index contributed by atoms with van der Waals surface area (Å²) >= 11 is 0. The minimum atomic E-state index is -0.555. The van der Waals surface area contributed by atoms with Crippen molar-refractivity contribution in [1.82, 2.24) is 18.8 Å². The molecule has 4 aromatic heterocycles. The third kappa shape index (κ3) is 2.15. The van der Waals surface area contributed by atoms with Crippen LogP contribution in [0, 0.1) is 0 Å². The maximum Gasteiger partial charge on any atom is 0.352 e. The lowest BCUT2D eigenvalue weighted by molar-refractivity contribution is -1.01. The van der Waals surface area contributed by atoms with Crippen LogP contribution in [0.5, 0.6) is 11.5 Å². The van der Waals surface area contributed by atoms with Crippen molar-refractivity contribution in [3.8, 4) is 39.7 Å². The monoisotopic (exact) mass is 641 g/mol. The molecule has 1 aliphatic carbocycles. The normalized spacial score (nSPS) is 18.1. The maximum absolute atomic E-state index is 7.05. The fraction of sp³-hybridized carbons (Fsp3) is 0.0465. The first kappa shape index (κ1) is 24.6. The summed E-state index contributed by atoms with van der Waals surface area (Å²) in [5.41, 5.74) is 17.4. The van der Waals surface area contributed by atoms with Gasteiger partial charge in [0.1, 0.15) is 16.5 Å². The fourth-order valence-electron chi connectivity index (χ4n) is 10.8. The summed E-state index contributed by atoms with van der Waals surface area (Å²) in [5, 5.41) is 1.13. The van der Waals surface area contributed by atoms with Gasteiger partial charge in [0.2, 0.25) is 17.0 Å². The van der Waals surface area contributed by atoms with Crippen LogP contribution in [0.4, 0.5) is 11.4 Å². The molecule has 50 heavy (non-hydrogen) atoms. The standard InChI is InChI=1S/C43H25N6O/c1-45-32-16-6-7-17-33(32)48-41(45)27-12-8-18-34-39(27)49(48)40-35(50-34)20-19-30-38(40)47-37-31(21-22-44-36(37)26-13-9-23-46(49)42(26)47)43(30)28-14-4-2-10-24(28)25-11-3-5-15-29(25)43/h2-23H,1H3/q+3. The highest BCUT2D eigenvalue weighted by molar-refractivity contribution is 6.11. The van der Waals surface area contributed by atoms with E-state index in [2.05, 4.69) is 153 Å². The Morgan fingerprint density at radius 3 is 2.30 bits per heavy atom. The SMILES string of the molecule is Cn1c2[n+](c3ccccc31)[N+]13c4c(cccc4-2)Oc2ccc4c(c21)-n1c2c(ccnc2c2ccc[n+]3c21)C41c2ccccc2-c2ccccc21. The average Bonchev–Trinajstić information content (AvgIpc) is 3.86. The van der Waals surface area contributed by atoms with Crippen molar-refractivity contribution >= 4 is 44.5 Å². The molecule has 5 aliphatic rings. The molecule has 8 heterocycles. The zero-order valence-corrected chi connectivity index (χ0v) is 26.8. The molecule has 0 N–H and O–H groups in total. The van der Waals surface area contributed by atoms with E-state index >= 15 is 0 Å². The molecule has 1 unspecified atom stereocenters. The van der Waals surface area contributed by atoms with Crippen LogP contribution in [0.15, 0.2) is 134 Å². The van der Waals surface area contributed by atoms with Crippen molar-refractivity contribution < 1.29 is 14.1 Å². The minimum absolute atomic E-state index is 0.322. The third-order valence-electron chi connectivity index (χ3n) is 12.3. The number of hydrogen-bond donors (Lipinski definition) is 0. The van der Waals surface area contributed by atoms with E-state index in [0.29, 0.717) is 4.70 Å². The molecule has 7 nitrogen and oxygen atoms in total. The Morgan fingerprint density at radius 1 is 0.680 bits per heavy atom. The van der Waals surface area contributed by atoms with Gasteiger partial charge < -0.3 is 4.74 Å². The predicted molar refractivity (Wildman–Crippen MR) is 191 cm³/mol. The number of ether oxygens (including phenoxy) is 1. The van der Waals surface area contributed by atoms with Crippen LogP contribution in [0.3, 0.4) is 0 Å². The molecule has 0 fully saturated rings. The number of hydrogen-bond acceptors (Lipinski definition) is 2. The number of quaternary nitrogens is 1. The minimum Gasteiger partial charge on any atom is -0.444 e. The number of aromatic nitrogens is 5. The van der Waals surface area contributed by atoms with Crippen LogP contribution in [0.2, 0.25) is 0 Å². The lowest BCUT2D eigenvalue weighted by Crippen LogP contribution is -2.84. The van der Waals surface area contributed by atoms with Gasteiger partial charge >= 0.3 is 17.2 Å². The van der Waals surface area contributed by atoms with Crippen LogP contribution in [0.1, 0.15) is 22.3 Å². The highest BCUT2D eigenvalue weighted by Gasteiger charge is 2.71. The molecule has 2 spiro atoms. The summed E-state index contributed by atoms with van der Waals surface area (Å²) in [6, 6.07) is 44.6. The van der Waals surface area contributed by atoms with Gasteiger partial charge in [-0.1, -0.05) is 66.7 Å². The Hall–Kier alpha value is -6.57. The smallest absolute Gasteiger partial charge is 0.352 e. The van der Waals surface area contributed by atoms with Crippen LogP contribution >= 0.6 is 0 Å². The number of pyridine rings is 2. The molecule has 0 saturated carbocycles. The Morgan fingerprint density at radius 2 is 1.44 bits per heavy atom. The van der Waals surface area contributed by atoms with Gasteiger partial charge in [-0.2, -0.15) is 4.57 Å². The van der Waals surface area contributed by atoms with Crippen molar-refractivity contribution in [2.24, 2.45) is 7.05 Å². The van der Waals surface area contributed by atoms with E-state index in [4.69, 9.17) is 9.72 Å². The molecule has 9 aromatic rings. The summed E-state index contributed by atoms with van der Waals surface area (Å²) in [5.74, 6) is 2.88. The zero-order valence-electron chi connectivity index (χ0n) is 26.8. The number of aryl methyl sites for hydroxylation is 1. The van der Waals surface area contributed by atoms with E-state index < -0.39 is 5.41 Å². The van der Waals surface area contributed by atoms with Crippen LogP contribution < -0.4 is 18.8 Å². The van der Waals surface area contributed by atoms with Crippen molar-refractivity contribution in [3.05, 3.63) is 156 Å². The maximum atomic E-state index is 7.05. The van der Waals surface area contributed by atoms with Gasteiger partial charge in [0.25, 0.3) is 5.69 Å². The van der Waals surface area contributed by atoms with Gasteiger partial charge in [-0.15, -0.1) is 0 Å². The molecular formula is C43H25N6O+3. The Kier molecular flexibility index (Phi) is 3.69. The first-order chi connectivity index (χ1) is 24.8. The van der Waals surface area contributed by atoms with Crippen molar-refractivity contribution in [3.63, 3.8) is 0 Å². The molecule has 7 heteroatoms. The van der Waals surface area contributed by atoms with Crippen molar-refractivity contribution in [1.29, 1.82) is 0 Å². The summed E-state index contributed by atoms with van der Waals surface area (Å²) in [7, 11) is 2.19. The average molecular weight is 642 g/mol. The summed E-state index contributed by atoms with van der Waals surface area (Å²) in [4.78, 5) is 5.19. The molecule has 1 atom stereocenters. The summed E-state index contributed by atoms with van der Waals surface area (Å²) < 4.78 is 17.2. The van der Waals surface area contributed by atoms with Crippen molar-refractivity contribution in [2.75, 3.05) is 0 Å². The summed E-state index contributed by atoms with van der Waals surface area (Å²) in [6.45, 7) is 0. The molecule has 0 saturated heterocycles. The van der Waals surface area contributed by atoms with E-state index in [9.17, 15) is 0 Å². The van der Waals surface area contributed by atoms with Gasteiger partial charge in [0.15, 0.2) is 23.0 Å². The highest BCUT2D eigenvalue weighted by atomic mass is 16.5. The highest BCUT2D eigenvalue weighted by Crippen LogP contribution is 2.66. The Labute approximate surface area is 284 Å². The molecule has 230 valence electrons. The lowest BCUT2D eigenvalue weighted by atomic mass is 9.65. The molecular weight excluding hydrogens is 617 g/mol. The largest absolute Gasteiger partial charge is 0.444 e. The first-order valence-corrected chi connectivity index (χ1v) is 17.2. The molecule has 5 aromatic carbocycles. The van der Waals surface area contributed by atoms with E-state index in [0.717, 1.165) is 56.3 Å². The van der Waals surface area contributed by atoms with Gasteiger partial charge in [-0.3, -0.25) is 4.98 Å². The molecule has 4 aliphatic heterocycles. The van der Waals surface area contributed by atoms with E-state index in [1.54, 1.807) is 0 Å². The fourth-order valence-corrected chi connectivity index (χ4v) is 10.8. The number of nitrogens with zero attached hydrogens (tertiary/aromatic N) is 6. The van der Waals surface area contributed by atoms with Crippen LogP contribution in [-0.2, 0) is 12.5 Å². The molecule has 0 amide bonds. The van der Waals surface area contributed by atoms with Crippen LogP contribution in [0.25, 0.3) is 61.3 Å². The second-order valence-electron chi connectivity index (χ2n) is 14.2.